The minimum atomic E-state index is -3.29. The molecule has 1 aromatic rings. The quantitative estimate of drug-likeness (QED) is 0.789. The predicted octanol–water partition coefficient (Wildman–Crippen LogP) is 1.77. The number of hydrogen-bond donors (Lipinski definition) is 1. The van der Waals surface area contributed by atoms with Crippen molar-refractivity contribution in [3.8, 4) is 5.75 Å². The van der Waals surface area contributed by atoms with Gasteiger partial charge in [0.15, 0.2) is 6.61 Å². The van der Waals surface area contributed by atoms with Crippen LogP contribution in [-0.2, 0) is 14.8 Å². The zero-order valence-corrected chi connectivity index (χ0v) is 14.3. The van der Waals surface area contributed by atoms with Crippen molar-refractivity contribution < 1.29 is 17.9 Å². The second-order valence-electron chi connectivity index (χ2n) is 5.09. The molecular weight excluding hydrogens is 304 g/mol. The van der Waals surface area contributed by atoms with Gasteiger partial charge < -0.3 is 10.1 Å². The molecule has 0 aliphatic rings. The number of anilines is 1. The lowest BCUT2D eigenvalue weighted by atomic mass is 10.2. The summed E-state index contributed by atoms with van der Waals surface area (Å²) in [4.78, 5) is 11.6. The molecule has 0 spiro atoms. The zero-order valence-electron chi connectivity index (χ0n) is 13.5. The molecule has 1 rings (SSSR count). The molecule has 0 aromatic heterocycles. The summed E-state index contributed by atoms with van der Waals surface area (Å²) in [6, 6.07) is 6.74. The molecular formula is C15H24N2O4S. The molecule has 1 N–H and O–H groups in total. The van der Waals surface area contributed by atoms with E-state index in [0.717, 1.165) is 6.42 Å². The summed E-state index contributed by atoms with van der Waals surface area (Å²) in [5, 5.41) is 2.81. The third-order valence-corrected chi connectivity index (χ3v) is 4.47. The third-order valence-electron chi connectivity index (χ3n) is 3.20. The predicted molar refractivity (Wildman–Crippen MR) is 87.7 cm³/mol. The molecule has 0 saturated heterocycles. The van der Waals surface area contributed by atoms with Gasteiger partial charge in [-0.2, -0.15) is 0 Å². The molecule has 1 atom stereocenters. The maximum atomic E-state index is 11.6. The lowest BCUT2D eigenvalue weighted by Gasteiger charge is -2.20. The number of nitrogens with zero attached hydrogens (tertiary/aromatic N) is 1. The Morgan fingerprint density at radius 2 is 1.86 bits per heavy atom. The number of amides is 1. The summed E-state index contributed by atoms with van der Waals surface area (Å²) in [6.45, 7) is 5.98. The van der Waals surface area contributed by atoms with E-state index in [0.29, 0.717) is 18.0 Å². The van der Waals surface area contributed by atoms with Crippen LogP contribution in [0.2, 0.25) is 0 Å². The molecule has 1 aromatic carbocycles. The molecule has 0 aliphatic carbocycles. The van der Waals surface area contributed by atoms with Gasteiger partial charge in [-0.25, -0.2) is 8.42 Å². The van der Waals surface area contributed by atoms with E-state index in [1.165, 1.54) is 10.6 Å². The van der Waals surface area contributed by atoms with Crippen LogP contribution in [0.3, 0.4) is 0 Å². The van der Waals surface area contributed by atoms with Crippen molar-refractivity contribution >= 4 is 21.6 Å². The van der Waals surface area contributed by atoms with Crippen LogP contribution in [0.1, 0.15) is 27.2 Å². The van der Waals surface area contributed by atoms with Crippen LogP contribution in [0.5, 0.6) is 5.75 Å². The first-order valence-electron chi connectivity index (χ1n) is 7.27. The van der Waals surface area contributed by atoms with Crippen molar-refractivity contribution in [1.29, 1.82) is 0 Å². The number of rotatable bonds is 8. The largest absolute Gasteiger partial charge is 0.484 e. The first-order valence-corrected chi connectivity index (χ1v) is 9.12. The third kappa shape index (κ3) is 5.55. The molecule has 124 valence electrons. The van der Waals surface area contributed by atoms with Gasteiger partial charge >= 0.3 is 0 Å². The minimum Gasteiger partial charge on any atom is -0.484 e. The molecule has 0 radical (unpaired) electrons. The SMILES string of the molecule is CC[C@@H](C)NC(=O)COc1ccc(N(CC)S(C)(=O)=O)cc1. The maximum absolute atomic E-state index is 11.6. The molecule has 0 saturated carbocycles. The van der Waals surface area contributed by atoms with Crippen LogP contribution >= 0.6 is 0 Å². The van der Waals surface area contributed by atoms with Crippen molar-refractivity contribution in [2.75, 3.05) is 23.7 Å². The number of nitrogens with one attached hydrogen (secondary N) is 1. The first-order chi connectivity index (χ1) is 10.3. The Morgan fingerprint density at radius 3 is 2.32 bits per heavy atom. The van der Waals surface area contributed by atoms with Gasteiger partial charge in [-0.3, -0.25) is 9.10 Å². The van der Waals surface area contributed by atoms with E-state index >= 15 is 0 Å². The molecule has 6 nitrogen and oxygen atoms in total. The number of benzene rings is 1. The van der Waals surface area contributed by atoms with Gasteiger partial charge in [0.2, 0.25) is 10.0 Å². The van der Waals surface area contributed by atoms with Gasteiger partial charge in [-0.1, -0.05) is 6.92 Å². The maximum Gasteiger partial charge on any atom is 0.258 e. The topological polar surface area (TPSA) is 75.7 Å². The highest BCUT2D eigenvalue weighted by atomic mass is 32.2. The number of hydrogen-bond acceptors (Lipinski definition) is 4. The standard InChI is InChI=1S/C15H24N2O4S/c1-5-12(3)16-15(18)11-21-14-9-7-13(8-10-14)17(6-2)22(4,19)20/h7-10,12H,5-6,11H2,1-4H3,(H,16,18)/t12-/m1/s1. The van der Waals surface area contributed by atoms with E-state index in [2.05, 4.69) is 5.32 Å². The number of carbonyl (C=O) groups is 1. The average Bonchev–Trinajstić information content (AvgIpc) is 2.45. The van der Waals surface area contributed by atoms with Crippen LogP contribution in [-0.4, -0.2) is 39.8 Å². The number of ether oxygens (including phenoxy) is 1. The molecule has 0 aliphatic heterocycles. The Hall–Kier alpha value is -1.76. The number of sulfonamides is 1. The molecule has 1 amide bonds. The summed E-state index contributed by atoms with van der Waals surface area (Å²) in [7, 11) is -3.29. The number of carbonyl (C=O) groups excluding carboxylic acids is 1. The smallest absolute Gasteiger partial charge is 0.258 e. The van der Waals surface area contributed by atoms with E-state index in [-0.39, 0.29) is 18.6 Å². The van der Waals surface area contributed by atoms with Crippen molar-refractivity contribution in [2.24, 2.45) is 0 Å². The van der Waals surface area contributed by atoms with Gasteiger partial charge in [0.05, 0.1) is 11.9 Å². The van der Waals surface area contributed by atoms with E-state index in [4.69, 9.17) is 4.74 Å². The molecule has 22 heavy (non-hydrogen) atoms. The normalized spacial score (nSPS) is 12.5. The fraction of sp³-hybridized carbons (Fsp3) is 0.533. The summed E-state index contributed by atoms with van der Waals surface area (Å²) in [5.74, 6) is 0.345. The fourth-order valence-corrected chi connectivity index (χ4v) is 2.86. The van der Waals surface area contributed by atoms with Gasteiger partial charge in [-0.15, -0.1) is 0 Å². The van der Waals surface area contributed by atoms with E-state index in [1.54, 1.807) is 31.2 Å². The Labute approximate surface area is 132 Å². The van der Waals surface area contributed by atoms with E-state index in [1.807, 2.05) is 13.8 Å². The molecule has 0 bridgehead atoms. The van der Waals surface area contributed by atoms with Crippen molar-refractivity contribution in [3.05, 3.63) is 24.3 Å². The summed E-state index contributed by atoms with van der Waals surface area (Å²) >= 11 is 0. The van der Waals surface area contributed by atoms with Crippen LogP contribution < -0.4 is 14.4 Å². The van der Waals surface area contributed by atoms with Crippen LogP contribution in [0.4, 0.5) is 5.69 Å². The average molecular weight is 328 g/mol. The van der Waals surface area contributed by atoms with Crippen molar-refractivity contribution in [1.82, 2.24) is 5.32 Å². The molecule has 0 heterocycles. The summed E-state index contributed by atoms with van der Waals surface area (Å²) in [6.07, 6.45) is 2.03. The second-order valence-corrected chi connectivity index (χ2v) is 6.99. The highest BCUT2D eigenvalue weighted by molar-refractivity contribution is 7.92. The van der Waals surface area contributed by atoms with Gasteiger partial charge in [0.1, 0.15) is 5.75 Å². The zero-order chi connectivity index (χ0) is 16.8. The Balaban J connectivity index is 2.64. The highest BCUT2D eigenvalue weighted by Crippen LogP contribution is 2.21. The van der Waals surface area contributed by atoms with Crippen molar-refractivity contribution in [2.45, 2.75) is 33.2 Å². The fourth-order valence-electron chi connectivity index (χ4n) is 1.88. The van der Waals surface area contributed by atoms with E-state index in [9.17, 15) is 13.2 Å². The van der Waals surface area contributed by atoms with Gasteiger partial charge in [-0.05, 0) is 44.5 Å². The first kappa shape index (κ1) is 18.3. The van der Waals surface area contributed by atoms with Gasteiger partial charge in [0, 0.05) is 12.6 Å². The minimum absolute atomic E-state index is 0.0622. The highest BCUT2D eigenvalue weighted by Gasteiger charge is 2.15. The van der Waals surface area contributed by atoms with Crippen LogP contribution in [0, 0.1) is 0 Å². The summed E-state index contributed by atoms with van der Waals surface area (Å²) in [5.41, 5.74) is 0.571. The molecule has 0 unspecified atom stereocenters. The van der Waals surface area contributed by atoms with Crippen LogP contribution in [0.15, 0.2) is 24.3 Å². The Morgan fingerprint density at radius 1 is 1.27 bits per heavy atom. The second kappa shape index (κ2) is 8.03. The monoisotopic (exact) mass is 328 g/mol. The summed E-state index contributed by atoms with van der Waals surface area (Å²) < 4.78 is 30.0. The van der Waals surface area contributed by atoms with Gasteiger partial charge in [0.25, 0.3) is 5.91 Å². The lowest BCUT2D eigenvalue weighted by Crippen LogP contribution is -2.35. The lowest BCUT2D eigenvalue weighted by molar-refractivity contribution is -0.123. The Kier molecular flexibility index (Phi) is 6.67. The van der Waals surface area contributed by atoms with Crippen molar-refractivity contribution in [3.63, 3.8) is 0 Å². The van der Waals surface area contributed by atoms with Crippen LogP contribution in [0.25, 0.3) is 0 Å². The molecule has 0 fully saturated rings. The molecule has 7 heteroatoms. The Bertz CT molecular complexity index is 584. The van der Waals surface area contributed by atoms with E-state index < -0.39 is 10.0 Å².